The molecule has 0 spiro atoms. The fraction of sp³-hybridized carbons (Fsp3) is 0.235. The Bertz CT molecular complexity index is 777. The van der Waals surface area contributed by atoms with Gasteiger partial charge in [-0.1, -0.05) is 18.2 Å². The van der Waals surface area contributed by atoms with Gasteiger partial charge in [-0.3, -0.25) is 4.98 Å². The Morgan fingerprint density at radius 3 is 3.05 bits per heavy atom. The van der Waals surface area contributed by atoms with Gasteiger partial charge in [0.15, 0.2) is 0 Å². The second kappa shape index (κ2) is 4.18. The maximum absolute atomic E-state index is 11.1. The molecule has 0 saturated heterocycles. The van der Waals surface area contributed by atoms with Gasteiger partial charge in [-0.25, -0.2) is 0 Å². The number of aliphatic hydroxyl groups is 1. The third-order valence-electron chi connectivity index (χ3n) is 4.20. The summed E-state index contributed by atoms with van der Waals surface area (Å²) in [4.78, 5) is 4.47. The zero-order valence-corrected chi connectivity index (χ0v) is 11.0. The zero-order chi connectivity index (χ0) is 13.6. The van der Waals surface area contributed by atoms with Gasteiger partial charge in [0, 0.05) is 29.1 Å². The van der Waals surface area contributed by atoms with E-state index >= 15 is 0 Å². The number of pyridine rings is 1. The molecule has 1 atom stereocenters. The van der Waals surface area contributed by atoms with Crippen molar-refractivity contribution in [3.8, 4) is 0 Å². The van der Waals surface area contributed by atoms with E-state index in [1.165, 1.54) is 0 Å². The quantitative estimate of drug-likeness (QED) is 0.733. The summed E-state index contributed by atoms with van der Waals surface area (Å²) in [5.74, 6) is 0.895. The van der Waals surface area contributed by atoms with Crippen LogP contribution in [0.15, 0.2) is 53.3 Å². The molecule has 20 heavy (non-hydrogen) atoms. The molecule has 3 heteroatoms. The lowest BCUT2D eigenvalue weighted by Gasteiger charge is -2.32. The van der Waals surface area contributed by atoms with Crippen molar-refractivity contribution in [1.29, 1.82) is 0 Å². The Hall–Kier alpha value is -2.13. The molecule has 1 N–H and O–H groups in total. The lowest BCUT2D eigenvalue weighted by atomic mass is 9.78. The summed E-state index contributed by atoms with van der Waals surface area (Å²) in [5, 5.41) is 12.2. The van der Waals surface area contributed by atoms with E-state index in [1.54, 1.807) is 12.5 Å². The van der Waals surface area contributed by atoms with Gasteiger partial charge in [-0.05, 0) is 31.0 Å². The van der Waals surface area contributed by atoms with Crippen LogP contribution in [0.1, 0.15) is 29.7 Å². The summed E-state index contributed by atoms with van der Waals surface area (Å²) < 4.78 is 5.48. The molecule has 1 aliphatic rings. The van der Waals surface area contributed by atoms with E-state index in [-0.39, 0.29) is 0 Å². The number of fused-ring (bicyclic) bond motifs is 2. The monoisotopic (exact) mass is 265 g/mol. The molecule has 2 heterocycles. The molecule has 0 radical (unpaired) electrons. The SMILES string of the molecule is OC1(c2cnc3ccccc3c2)CCCc2occc21. The maximum atomic E-state index is 11.1. The molecular formula is C17H15NO2. The van der Waals surface area contributed by atoms with Gasteiger partial charge in [0.1, 0.15) is 11.4 Å². The minimum Gasteiger partial charge on any atom is -0.469 e. The molecule has 0 saturated carbocycles. The Morgan fingerprint density at radius 2 is 2.10 bits per heavy atom. The average molecular weight is 265 g/mol. The summed E-state index contributed by atoms with van der Waals surface area (Å²) in [6.45, 7) is 0. The first-order valence-electron chi connectivity index (χ1n) is 6.92. The van der Waals surface area contributed by atoms with Crippen LogP contribution in [0.3, 0.4) is 0 Å². The van der Waals surface area contributed by atoms with Gasteiger partial charge >= 0.3 is 0 Å². The number of para-hydroxylation sites is 1. The molecule has 1 aliphatic carbocycles. The van der Waals surface area contributed by atoms with E-state index in [9.17, 15) is 5.11 Å². The molecule has 0 aliphatic heterocycles. The van der Waals surface area contributed by atoms with Crippen LogP contribution in [-0.2, 0) is 12.0 Å². The van der Waals surface area contributed by atoms with Gasteiger partial charge in [0.05, 0.1) is 11.8 Å². The highest BCUT2D eigenvalue weighted by Crippen LogP contribution is 2.41. The molecule has 3 nitrogen and oxygen atoms in total. The van der Waals surface area contributed by atoms with Gasteiger partial charge in [0.2, 0.25) is 0 Å². The van der Waals surface area contributed by atoms with Crippen LogP contribution in [0.2, 0.25) is 0 Å². The van der Waals surface area contributed by atoms with E-state index in [0.29, 0.717) is 6.42 Å². The minimum absolute atomic E-state index is 0.708. The number of furan rings is 1. The van der Waals surface area contributed by atoms with Crippen molar-refractivity contribution in [2.75, 3.05) is 0 Å². The predicted octanol–water partition coefficient (Wildman–Crippen LogP) is 3.40. The predicted molar refractivity (Wildman–Crippen MR) is 76.4 cm³/mol. The first-order valence-corrected chi connectivity index (χ1v) is 6.92. The largest absolute Gasteiger partial charge is 0.469 e. The number of hydrogen-bond donors (Lipinski definition) is 1. The molecule has 100 valence electrons. The summed E-state index contributed by atoms with van der Waals surface area (Å²) in [7, 11) is 0. The van der Waals surface area contributed by atoms with Crippen LogP contribution >= 0.6 is 0 Å². The van der Waals surface area contributed by atoms with Crippen LogP contribution in [0.25, 0.3) is 10.9 Å². The van der Waals surface area contributed by atoms with E-state index < -0.39 is 5.60 Å². The van der Waals surface area contributed by atoms with Gasteiger partial charge in [-0.15, -0.1) is 0 Å². The van der Waals surface area contributed by atoms with Crippen LogP contribution < -0.4 is 0 Å². The first kappa shape index (κ1) is 11.7. The Labute approximate surface area is 116 Å². The van der Waals surface area contributed by atoms with Gasteiger partial charge in [-0.2, -0.15) is 0 Å². The number of rotatable bonds is 1. The summed E-state index contributed by atoms with van der Waals surface area (Å²) >= 11 is 0. The fourth-order valence-electron chi connectivity index (χ4n) is 3.14. The van der Waals surface area contributed by atoms with E-state index in [4.69, 9.17) is 4.42 Å². The highest BCUT2D eigenvalue weighted by atomic mass is 16.3. The average Bonchev–Trinajstić information content (AvgIpc) is 2.97. The van der Waals surface area contributed by atoms with E-state index in [0.717, 1.165) is 40.6 Å². The van der Waals surface area contributed by atoms with Crippen LogP contribution in [-0.4, -0.2) is 10.1 Å². The lowest BCUT2D eigenvalue weighted by molar-refractivity contribution is 0.0587. The minimum atomic E-state index is -0.975. The second-order valence-electron chi connectivity index (χ2n) is 5.39. The zero-order valence-electron chi connectivity index (χ0n) is 11.0. The molecular weight excluding hydrogens is 250 g/mol. The third kappa shape index (κ3) is 1.60. The second-order valence-corrected chi connectivity index (χ2v) is 5.39. The number of nitrogens with zero attached hydrogens (tertiary/aromatic N) is 1. The molecule has 3 aromatic rings. The van der Waals surface area contributed by atoms with Crippen molar-refractivity contribution < 1.29 is 9.52 Å². The third-order valence-corrected chi connectivity index (χ3v) is 4.20. The number of hydrogen-bond acceptors (Lipinski definition) is 3. The van der Waals surface area contributed by atoms with Gasteiger partial charge in [0.25, 0.3) is 0 Å². The number of benzene rings is 1. The highest BCUT2D eigenvalue weighted by Gasteiger charge is 2.38. The van der Waals surface area contributed by atoms with Crippen molar-refractivity contribution >= 4 is 10.9 Å². The molecule has 0 bridgehead atoms. The van der Waals surface area contributed by atoms with Crippen molar-refractivity contribution in [3.05, 3.63) is 65.7 Å². The van der Waals surface area contributed by atoms with Crippen molar-refractivity contribution in [3.63, 3.8) is 0 Å². The Morgan fingerprint density at radius 1 is 1.20 bits per heavy atom. The Balaban J connectivity index is 1.91. The lowest BCUT2D eigenvalue weighted by Crippen LogP contribution is -2.31. The summed E-state index contributed by atoms with van der Waals surface area (Å²) in [6, 6.07) is 11.9. The van der Waals surface area contributed by atoms with Gasteiger partial charge < -0.3 is 9.52 Å². The number of aryl methyl sites for hydroxylation is 1. The van der Waals surface area contributed by atoms with Crippen molar-refractivity contribution in [1.82, 2.24) is 4.98 Å². The topological polar surface area (TPSA) is 46.3 Å². The van der Waals surface area contributed by atoms with Crippen LogP contribution in [0, 0.1) is 0 Å². The Kier molecular flexibility index (Phi) is 2.44. The standard InChI is InChI=1S/C17H15NO2/c19-17(8-3-6-16-14(17)7-9-20-16)13-10-12-4-1-2-5-15(12)18-11-13/h1-2,4-5,7,9-11,19H,3,6,8H2. The highest BCUT2D eigenvalue weighted by molar-refractivity contribution is 5.79. The molecule has 2 aromatic heterocycles. The van der Waals surface area contributed by atoms with Crippen molar-refractivity contribution in [2.24, 2.45) is 0 Å². The molecule has 0 fully saturated rings. The maximum Gasteiger partial charge on any atom is 0.119 e. The van der Waals surface area contributed by atoms with E-state index in [2.05, 4.69) is 4.98 Å². The number of aromatic nitrogens is 1. The molecule has 0 amide bonds. The smallest absolute Gasteiger partial charge is 0.119 e. The molecule has 1 unspecified atom stereocenters. The van der Waals surface area contributed by atoms with Crippen LogP contribution in [0.5, 0.6) is 0 Å². The normalized spacial score (nSPS) is 21.9. The van der Waals surface area contributed by atoms with Crippen molar-refractivity contribution in [2.45, 2.75) is 24.9 Å². The molecule has 4 rings (SSSR count). The summed E-state index contributed by atoms with van der Waals surface area (Å²) in [6.07, 6.45) is 5.97. The van der Waals surface area contributed by atoms with Crippen LogP contribution in [0.4, 0.5) is 0 Å². The summed E-state index contributed by atoms with van der Waals surface area (Å²) in [5.41, 5.74) is 1.71. The van der Waals surface area contributed by atoms with E-state index in [1.807, 2.05) is 36.4 Å². The molecule has 1 aromatic carbocycles. The fourth-order valence-corrected chi connectivity index (χ4v) is 3.14. The first-order chi connectivity index (χ1) is 9.77.